The average molecular weight is 548 g/mol. The van der Waals surface area contributed by atoms with Gasteiger partial charge in [0.15, 0.2) is 11.6 Å². The van der Waals surface area contributed by atoms with Crippen molar-refractivity contribution in [2.75, 3.05) is 59.4 Å². The van der Waals surface area contributed by atoms with E-state index in [1.54, 1.807) is 0 Å². The first-order chi connectivity index (χ1) is 18.1. The van der Waals surface area contributed by atoms with E-state index in [9.17, 15) is 33.9 Å². The molecule has 13 heteroatoms. The zero-order valence-corrected chi connectivity index (χ0v) is 22.2. The van der Waals surface area contributed by atoms with Crippen molar-refractivity contribution in [3.05, 3.63) is 0 Å². The summed E-state index contributed by atoms with van der Waals surface area (Å²) in [4.78, 5) is 69.3. The third kappa shape index (κ3) is 20.3. The van der Waals surface area contributed by atoms with Crippen LogP contribution in [0.25, 0.3) is 0 Å². The molecule has 0 aromatic carbocycles. The van der Waals surface area contributed by atoms with Crippen LogP contribution in [0, 0.1) is 11.8 Å². The van der Waals surface area contributed by atoms with Crippen molar-refractivity contribution in [1.29, 1.82) is 0 Å². The molecule has 0 saturated carbocycles. The quantitative estimate of drug-likeness (QED) is 0.128. The van der Waals surface area contributed by atoms with Crippen molar-refractivity contribution in [1.82, 2.24) is 5.32 Å². The van der Waals surface area contributed by atoms with Crippen molar-refractivity contribution < 1.29 is 57.9 Å². The van der Waals surface area contributed by atoms with Crippen LogP contribution >= 0.6 is 0 Å². The maximum Gasteiger partial charge on any atom is 0.306 e. The minimum Gasteiger partial charge on any atom is -0.481 e. The zero-order valence-electron chi connectivity index (χ0n) is 22.2. The van der Waals surface area contributed by atoms with Gasteiger partial charge < -0.3 is 39.3 Å². The van der Waals surface area contributed by atoms with Gasteiger partial charge in [-0.2, -0.15) is 0 Å². The number of carbonyl (C=O) groups is 6. The van der Waals surface area contributed by atoms with Gasteiger partial charge in [-0.3, -0.25) is 24.0 Å². The van der Waals surface area contributed by atoms with Crippen LogP contribution in [0.1, 0.15) is 52.4 Å². The summed E-state index contributed by atoms with van der Waals surface area (Å²) < 4.78 is 20.7. The number of ketones is 3. The number of carboxylic acid groups (broad SMARTS) is 2. The second-order valence-corrected chi connectivity index (χ2v) is 8.60. The Morgan fingerprint density at radius 3 is 1.63 bits per heavy atom. The Morgan fingerprint density at radius 2 is 1.16 bits per heavy atom. The summed E-state index contributed by atoms with van der Waals surface area (Å²) in [5.74, 6) is -5.46. The molecule has 0 bridgehead atoms. The van der Waals surface area contributed by atoms with Gasteiger partial charge in [0.1, 0.15) is 19.0 Å². The highest BCUT2D eigenvalue weighted by atomic mass is 16.5. The molecule has 0 aliphatic heterocycles. The predicted octanol–water partition coefficient (Wildman–Crippen LogP) is 0.658. The molecule has 0 aliphatic carbocycles. The van der Waals surface area contributed by atoms with Crippen molar-refractivity contribution >= 4 is 35.2 Å². The van der Waals surface area contributed by atoms with Crippen LogP contribution in [-0.4, -0.2) is 105 Å². The van der Waals surface area contributed by atoms with Crippen molar-refractivity contribution in [3.63, 3.8) is 0 Å². The normalized spacial score (nSPS) is 12.5. The van der Waals surface area contributed by atoms with E-state index in [2.05, 4.69) is 5.32 Å². The third-order valence-electron chi connectivity index (χ3n) is 5.25. The first-order valence-corrected chi connectivity index (χ1v) is 12.6. The average Bonchev–Trinajstić information content (AvgIpc) is 2.85. The molecule has 0 aromatic heterocycles. The van der Waals surface area contributed by atoms with Crippen LogP contribution in [0.4, 0.5) is 0 Å². The second kappa shape index (κ2) is 22.3. The summed E-state index contributed by atoms with van der Waals surface area (Å²) in [7, 11) is 0. The van der Waals surface area contributed by atoms with Crippen LogP contribution < -0.4 is 5.32 Å². The molecule has 0 aromatic rings. The number of aliphatic carboxylic acids is 2. The molecule has 0 heterocycles. The number of rotatable bonds is 26. The largest absolute Gasteiger partial charge is 0.481 e. The lowest BCUT2D eigenvalue weighted by molar-refractivity contribution is -0.145. The maximum absolute atomic E-state index is 12.0. The number of carboxylic acids is 2. The Labute approximate surface area is 222 Å². The standard InChI is InChI=1S/C25H41NO12/c1-3-35-10-12-37-16-22(29)15-20(25(33)34)6-7-23(30)26-8-9-36-11-13-38-17-21(28)14-19(24(31)32)5-4-18(2)27/h19-20H,3-17H2,1-2H3,(H,26,30)(H,31,32)(H,33,34)/t19-,20-/m1/s1. The number of hydrogen-bond donors (Lipinski definition) is 3. The lowest BCUT2D eigenvalue weighted by Crippen LogP contribution is -2.29. The lowest BCUT2D eigenvalue weighted by Gasteiger charge is -2.12. The molecule has 13 nitrogen and oxygen atoms in total. The van der Waals surface area contributed by atoms with Gasteiger partial charge >= 0.3 is 11.9 Å². The number of Topliss-reactive ketones (excluding diaryl/α,β-unsaturated/α-hetero) is 3. The summed E-state index contributed by atoms with van der Waals surface area (Å²) in [6, 6.07) is 0. The zero-order chi connectivity index (χ0) is 28.8. The molecule has 2 atom stereocenters. The van der Waals surface area contributed by atoms with E-state index in [1.165, 1.54) is 6.92 Å². The van der Waals surface area contributed by atoms with Gasteiger partial charge in [0.2, 0.25) is 5.91 Å². The fraction of sp³-hybridized carbons (Fsp3) is 0.760. The SMILES string of the molecule is CCOCCOCC(=O)C[C@@H](CCC(=O)NCCOCCOCC(=O)C[C@@H](CCC(C)=O)C(=O)O)C(=O)O. The molecule has 0 radical (unpaired) electrons. The fourth-order valence-corrected chi connectivity index (χ4v) is 3.18. The number of ether oxygens (including phenoxy) is 4. The Bertz CT molecular complexity index is 755. The molecule has 38 heavy (non-hydrogen) atoms. The minimum atomic E-state index is -1.16. The molecule has 1 amide bonds. The van der Waals surface area contributed by atoms with Gasteiger partial charge in [0, 0.05) is 38.8 Å². The van der Waals surface area contributed by atoms with E-state index < -0.39 is 23.8 Å². The molecule has 0 spiro atoms. The predicted molar refractivity (Wildman–Crippen MR) is 133 cm³/mol. The van der Waals surface area contributed by atoms with Crippen LogP contribution in [0.2, 0.25) is 0 Å². The van der Waals surface area contributed by atoms with Crippen LogP contribution in [0.15, 0.2) is 0 Å². The van der Waals surface area contributed by atoms with E-state index >= 15 is 0 Å². The number of amides is 1. The van der Waals surface area contributed by atoms with E-state index in [0.717, 1.165) is 0 Å². The Kier molecular flexibility index (Phi) is 20.7. The highest BCUT2D eigenvalue weighted by Gasteiger charge is 2.23. The van der Waals surface area contributed by atoms with E-state index in [0.29, 0.717) is 13.2 Å². The summed E-state index contributed by atoms with van der Waals surface area (Å²) in [5.41, 5.74) is 0. The summed E-state index contributed by atoms with van der Waals surface area (Å²) in [6.07, 6.45) is -0.297. The molecule has 0 rings (SSSR count). The van der Waals surface area contributed by atoms with Gasteiger partial charge in [0.05, 0.1) is 44.9 Å². The molecule has 0 unspecified atom stereocenters. The van der Waals surface area contributed by atoms with Crippen molar-refractivity contribution in [2.45, 2.75) is 52.4 Å². The fourth-order valence-electron chi connectivity index (χ4n) is 3.18. The summed E-state index contributed by atoms with van der Waals surface area (Å²) in [6.45, 7) is 4.42. The van der Waals surface area contributed by atoms with Crippen LogP contribution in [-0.2, 0) is 47.7 Å². The van der Waals surface area contributed by atoms with Gasteiger partial charge in [-0.05, 0) is 26.7 Å². The number of carbonyl (C=O) groups excluding carboxylic acids is 4. The highest BCUT2D eigenvalue weighted by Crippen LogP contribution is 2.14. The number of hydrogen-bond acceptors (Lipinski definition) is 10. The summed E-state index contributed by atoms with van der Waals surface area (Å²) >= 11 is 0. The maximum atomic E-state index is 12.0. The molecular weight excluding hydrogens is 506 g/mol. The van der Waals surface area contributed by atoms with Crippen molar-refractivity contribution in [2.24, 2.45) is 11.8 Å². The Balaban J connectivity index is 3.94. The smallest absolute Gasteiger partial charge is 0.306 e. The van der Waals surface area contributed by atoms with Gasteiger partial charge in [0.25, 0.3) is 0 Å². The number of nitrogens with one attached hydrogen (secondary N) is 1. The van der Waals surface area contributed by atoms with Gasteiger partial charge in [-0.15, -0.1) is 0 Å². The Morgan fingerprint density at radius 1 is 0.684 bits per heavy atom. The monoisotopic (exact) mass is 547 g/mol. The first-order valence-electron chi connectivity index (χ1n) is 12.6. The molecule has 0 saturated heterocycles. The minimum absolute atomic E-state index is 0.00602. The Hall–Kier alpha value is -2.74. The highest BCUT2D eigenvalue weighted by molar-refractivity contribution is 5.86. The summed E-state index contributed by atoms with van der Waals surface area (Å²) in [5, 5.41) is 21.0. The molecule has 218 valence electrons. The lowest BCUT2D eigenvalue weighted by atomic mass is 9.96. The van der Waals surface area contributed by atoms with Gasteiger partial charge in [-0.1, -0.05) is 0 Å². The van der Waals surface area contributed by atoms with E-state index in [1.807, 2.05) is 6.92 Å². The van der Waals surface area contributed by atoms with Crippen LogP contribution in [0.3, 0.4) is 0 Å². The molecular formula is C25H41NO12. The second-order valence-electron chi connectivity index (χ2n) is 8.60. The van der Waals surface area contributed by atoms with E-state index in [4.69, 9.17) is 24.1 Å². The van der Waals surface area contributed by atoms with Gasteiger partial charge in [-0.25, -0.2) is 0 Å². The molecule has 3 N–H and O–H groups in total. The molecule has 0 fully saturated rings. The van der Waals surface area contributed by atoms with E-state index in [-0.39, 0.29) is 108 Å². The van der Waals surface area contributed by atoms with Crippen molar-refractivity contribution in [3.8, 4) is 0 Å². The van der Waals surface area contributed by atoms with Crippen LogP contribution in [0.5, 0.6) is 0 Å². The first kappa shape index (κ1) is 35.3. The molecule has 0 aliphatic rings. The topological polar surface area (TPSA) is 192 Å². The third-order valence-corrected chi connectivity index (χ3v) is 5.25.